The van der Waals surface area contributed by atoms with E-state index in [2.05, 4.69) is 4.98 Å². The number of esters is 1. The molecule has 0 bridgehead atoms. The van der Waals surface area contributed by atoms with Crippen molar-refractivity contribution in [3.8, 4) is 0 Å². The zero-order valence-corrected chi connectivity index (χ0v) is 11.3. The first-order chi connectivity index (χ1) is 9.15. The second-order valence-electron chi connectivity index (χ2n) is 3.59. The van der Waals surface area contributed by atoms with Crippen molar-refractivity contribution in [1.29, 1.82) is 0 Å². The van der Waals surface area contributed by atoms with Gasteiger partial charge < -0.3 is 14.2 Å². The molecule has 19 heavy (non-hydrogen) atoms. The molecular formula is C12H15ClFNO4. The Morgan fingerprint density at radius 1 is 1.37 bits per heavy atom. The lowest BCUT2D eigenvalue weighted by molar-refractivity contribution is 0.0287. The first-order valence-corrected chi connectivity index (χ1v) is 6.07. The predicted molar refractivity (Wildman–Crippen MR) is 66.8 cm³/mol. The van der Waals surface area contributed by atoms with E-state index in [0.29, 0.717) is 13.2 Å². The van der Waals surface area contributed by atoms with Crippen LogP contribution in [0.2, 0.25) is 5.15 Å². The van der Waals surface area contributed by atoms with Crippen molar-refractivity contribution >= 4 is 17.6 Å². The molecule has 1 heterocycles. The highest BCUT2D eigenvalue weighted by Gasteiger charge is 2.13. The van der Waals surface area contributed by atoms with Gasteiger partial charge in [-0.1, -0.05) is 11.6 Å². The van der Waals surface area contributed by atoms with E-state index in [-0.39, 0.29) is 23.9 Å². The normalized spacial score (nSPS) is 10.5. The maximum absolute atomic E-state index is 12.9. The molecule has 106 valence electrons. The van der Waals surface area contributed by atoms with Crippen LogP contribution in [0, 0.1) is 5.82 Å². The van der Waals surface area contributed by atoms with Crippen LogP contribution in [0.1, 0.15) is 16.8 Å². The highest BCUT2D eigenvalue weighted by atomic mass is 35.5. The monoisotopic (exact) mass is 291 g/mol. The highest BCUT2D eigenvalue weighted by molar-refractivity contribution is 6.32. The molecular weight excluding hydrogens is 277 g/mol. The van der Waals surface area contributed by atoms with E-state index in [1.54, 1.807) is 7.11 Å². The Balaban J connectivity index is 2.26. The second kappa shape index (κ2) is 8.79. The van der Waals surface area contributed by atoms with E-state index >= 15 is 0 Å². The van der Waals surface area contributed by atoms with E-state index in [9.17, 15) is 9.18 Å². The van der Waals surface area contributed by atoms with Crippen LogP contribution in [0.5, 0.6) is 0 Å². The van der Waals surface area contributed by atoms with Gasteiger partial charge in [-0.3, -0.25) is 0 Å². The molecule has 0 spiro atoms. The predicted octanol–water partition coefficient (Wildman–Crippen LogP) is 2.08. The van der Waals surface area contributed by atoms with E-state index in [0.717, 1.165) is 18.7 Å². The molecule has 0 radical (unpaired) electrons. The topological polar surface area (TPSA) is 57.7 Å². The van der Waals surface area contributed by atoms with Crippen LogP contribution in [-0.2, 0) is 14.2 Å². The number of hydrogen-bond donors (Lipinski definition) is 0. The Morgan fingerprint density at radius 2 is 2.16 bits per heavy atom. The zero-order chi connectivity index (χ0) is 14.1. The van der Waals surface area contributed by atoms with Gasteiger partial charge in [0.15, 0.2) is 0 Å². The summed E-state index contributed by atoms with van der Waals surface area (Å²) in [5.74, 6) is -1.37. The number of methoxy groups -OCH3 is 1. The van der Waals surface area contributed by atoms with Crippen LogP contribution in [-0.4, -0.2) is 44.5 Å². The Morgan fingerprint density at radius 3 is 2.89 bits per heavy atom. The molecule has 0 fully saturated rings. The number of hydrogen-bond acceptors (Lipinski definition) is 5. The maximum atomic E-state index is 12.9. The smallest absolute Gasteiger partial charge is 0.341 e. The first-order valence-electron chi connectivity index (χ1n) is 5.70. The summed E-state index contributed by atoms with van der Waals surface area (Å²) in [4.78, 5) is 15.1. The van der Waals surface area contributed by atoms with Gasteiger partial charge in [-0.2, -0.15) is 0 Å². The molecule has 0 amide bonds. The average Bonchev–Trinajstić information content (AvgIpc) is 2.40. The van der Waals surface area contributed by atoms with Crippen LogP contribution < -0.4 is 0 Å². The van der Waals surface area contributed by atoms with Gasteiger partial charge in [-0.05, 0) is 12.5 Å². The Kier molecular flexibility index (Phi) is 7.32. The van der Waals surface area contributed by atoms with Gasteiger partial charge in [0.25, 0.3) is 0 Å². The van der Waals surface area contributed by atoms with Crippen molar-refractivity contribution < 1.29 is 23.4 Å². The number of carbonyl (C=O) groups excluding carboxylic acids is 1. The second-order valence-corrected chi connectivity index (χ2v) is 3.94. The fourth-order valence-corrected chi connectivity index (χ4v) is 1.42. The third-order valence-corrected chi connectivity index (χ3v) is 2.42. The molecule has 0 saturated heterocycles. The molecule has 5 nitrogen and oxygen atoms in total. The highest BCUT2D eigenvalue weighted by Crippen LogP contribution is 2.14. The molecule has 0 aliphatic rings. The minimum atomic E-state index is -0.725. The van der Waals surface area contributed by atoms with Crippen molar-refractivity contribution in [2.24, 2.45) is 0 Å². The third-order valence-electron chi connectivity index (χ3n) is 2.12. The lowest BCUT2D eigenvalue weighted by Crippen LogP contribution is -2.12. The van der Waals surface area contributed by atoms with Crippen LogP contribution in [0.3, 0.4) is 0 Å². The van der Waals surface area contributed by atoms with Crippen molar-refractivity contribution in [2.75, 3.05) is 33.5 Å². The number of halogens is 2. The molecule has 0 aliphatic carbocycles. The number of pyridine rings is 1. The van der Waals surface area contributed by atoms with Gasteiger partial charge >= 0.3 is 5.97 Å². The molecule has 1 rings (SSSR count). The van der Waals surface area contributed by atoms with Gasteiger partial charge in [0.2, 0.25) is 0 Å². The summed E-state index contributed by atoms with van der Waals surface area (Å²) in [5.41, 5.74) is -0.0963. The fraction of sp³-hybridized carbons (Fsp3) is 0.500. The fourth-order valence-electron chi connectivity index (χ4n) is 1.24. The lowest BCUT2D eigenvalue weighted by Gasteiger charge is -2.06. The summed E-state index contributed by atoms with van der Waals surface area (Å²) in [7, 11) is 1.61. The molecule has 1 aromatic heterocycles. The van der Waals surface area contributed by atoms with Crippen LogP contribution in [0.25, 0.3) is 0 Å². The van der Waals surface area contributed by atoms with Gasteiger partial charge in [-0.15, -0.1) is 0 Å². The Hall–Kier alpha value is -1.24. The van der Waals surface area contributed by atoms with Gasteiger partial charge in [0.1, 0.15) is 17.6 Å². The molecule has 0 atom stereocenters. The first kappa shape index (κ1) is 15.8. The summed E-state index contributed by atoms with van der Waals surface area (Å²) in [6.45, 7) is 1.46. The Bertz CT molecular complexity index is 417. The minimum Gasteiger partial charge on any atom is -0.460 e. The number of aromatic nitrogens is 1. The molecule has 0 saturated carbocycles. The van der Waals surface area contributed by atoms with E-state index in [4.69, 9.17) is 25.8 Å². The van der Waals surface area contributed by atoms with E-state index < -0.39 is 11.8 Å². The van der Waals surface area contributed by atoms with Crippen LogP contribution >= 0.6 is 11.6 Å². The van der Waals surface area contributed by atoms with Crippen molar-refractivity contribution in [1.82, 2.24) is 4.98 Å². The average molecular weight is 292 g/mol. The number of carbonyl (C=O) groups is 1. The maximum Gasteiger partial charge on any atom is 0.341 e. The third kappa shape index (κ3) is 5.96. The summed E-state index contributed by atoms with van der Waals surface area (Å²) in [5, 5.41) is -0.0904. The molecule has 0 aliphatic heterocycles. The largest absolute Gasteiger partial charge is 0.460 e. The zero-order valence-electron chi connectivity index (χ0n) is 10.5. The lowest BCUT2D eigenvalue weighted by atomic mass is 10.3. The van der Waals surface area contributed by atoms with Crippen molar-refractivity contribution in [3.05, 3.63) is 28.8 Å². The minimum absolute atomic E-state index is 0.0681. The van der Waals surface area contributed by atoms with Gasteiger partial charge in [-0.25, -0.2) is 14.2 Å². The molecule has 0 N–H and O–H groups in total. The van der Waals surface area contributed by atoms with Crippen molar-refractivity contribution in [3.63, 3.8) is 0 Å². The van der Waals surface area contributed by atoms with Gasteiger partial charge in [0.05, 0.1) is 18.4 Å². The quantitative estimate of drug-likeness (QED) is 0.417. The number of ether oxygens (including phenoxy) is 3. The number of rotatable bonds is 8. The SMILES string of the molecule is COCCCOCCOC(=O)c1cc(F)cnc1Cl. The molecule has 7 heteroatoms. The summed E-state index contributed by atoms with van der Waals surface area (Å²) >= 11 is 5.66. The van der Waals surface area contributed by atoms with E-state index in [1.807, 2.05) is 0 Å². The Labute approximate surface area is 115 Å². The molecule has 0 aromatic carbocycles. The van der Waals surface area contributed by atoms with Gasteiger partial charge in [0, 0.05) is 20.3 Å². The summed E-state index contributed by atoms with van der Waals surface area (Å²) < 4.78 is 27.8. The molecule has 0 unspecified atom stereocenters. The van der Waals surface area contributed by atoms with Crippen LogP contribution in [0.4, 0.5) is 4.39 Å². The van der Waals surface area contributed by atoms with Crippen molar-refractivity contribution in [2.45, 2.75) is 6.42 Å². The summed E-state index contributed by atoms with van der Waals surface area (Å²) in [6.07, 6.45) is 1.70. The number of nitrogens with zero attached hydrogens (tertiary/aromatic N) is 1. The summed E-state index contributed by atoms with van der Waals surface area (Å²) in [6, 6.07) is 0.983. The molecule has 1 aromatic rings. The standard InChI is InChI=1S/C12H15ClFNO4/c1-17-3-2-4-18-5-6-19-12(16)10-7-9(14)8-15-11(10)13/h7-8H,2-6H2,1H3. The van der Waals surface area contributed by atoms with E-state index in [1.165, 1.54) is 0 Å². The van der Waals surface area contributed by atoms with Crippen LogP contribution in [0.15, 0.2) is 12.3 Å².